The van der Waals surface area contributed by atoms with E-state index in [9.17, 15) is 24.1 Å². The van der Waals surface area contributed by atoms with Gasteiger partial charge in [0.05, 0.1) is 11.5 Å². The Morgan fingerprint density at radius 3 is 2.52 bits per heavy atom. The maximum Gasteiger partial charge on any atom is 0.329 e. The quantitative estimate of drug-likeness (QED) is 0.250. The summed E-state index contributed by atoms with van der Waals surface area (Å²) in [6.07, 6.45) is 1.51. The van der Waals surface area contributed by atoms with Crippen molar-refractivity contribution >= 4 is 23.7 Å². The lowest BCUT2D eigenvalue weighted by Crippen LogP contribution is -2.30. The van der Waals surface area contributed by atoms with Crippen LogP contribution in [-0.2, 0) is 17.9 Å². The van der Waals surface area contributed by atoms with Crippen molar-refractivity contribution in [2.45, 2.75) is 13.2 Å². The average molecular weight is 447 g/mol. The molecule has 4 rings (SSSR count). The van der Waals surface area contributed by atoms with Gasteiger partial charge in [0.1, 0.15) is 23.9 Å². The van der Waals surface area contributed by atoms with Gasteiger partial charge in [-0.1, -0.05) is 42.5 Å². The minimum Gasteiger partial charge on any atom is -0.488 e. The molecule has 3 aromatic carbocycles. The highest BCUT2D eigenvalue weighted by Crippen LogP contribution is 2.25. The van der Waals surface area contributed by atoms with Crippen molar-refractivity contribution in [3.63, 3.8) is 0 Å². The van der Waals surface area contributed by atoms with Crippen molar-refractivity contribution < 1.29 is 23.6 Å². The predicted octanol–water partition coefficient (Wildman–Crippen LogP) is 4.41. The first-order valence-electron chi connectivity index (χ1n) is 9.95. The number of rotatable bonds is 7. The van der Waals surface area contributed by atoms with Crippen LogP contribution in [0.5, 0.6) is 5.75 Å². The molecule has 1 heterocycles. The Morgan fingerprint density at radius 1 is 1.00 bits per heavy atom. The molecule has 9 heteroatoms. The Hall–Kier alpha value is -4.53. The summed E-state index contributed by atoms with van der Waals surface area (Å²) in [7, 11) is 0. The number of non-ortho nitro benzene ring substituents is 1. The molecule has 1 aliphatic heterocycles. The van der Waals surface area contributed by atoms with Gasteiger partial charge in [-0.15, -0.1) is 0 Å². The van der Waals surface area contributed by atoms with Gasteiger partial charge in [0.2, 0.25) is 0 Å². The van der Waals surface area contributed by atoms with Crippen LogP contribution in [0, 0.1) is 15.9 Å². The van der Waals surface area contributed by atoms with Crippen molar-refractivity contribution in [1.29, 1.82) is 0 Å². The molecule has 0 aliphatic carbocycles. The minimum atomic E-state index is -0.578. The summed E-state index contributed by atoms with van der Waals surface area (Å²) < 4.78 is 18.9. The number of hydrogen-bond donors (Lipinski definition) is 1. The van der Waals surface area contributed by atoms with Crippen LogP contribution in [0.2, 0.25) is 0 Å². The zero-order valence-corrected chi connectivity index (χ0v) is 17.2. The van der Waals surface area contributed by atoms with E-state index >= 15 is 0 Å². The lowest BCUT2D eigenvalue weighted by atomic mass is 10.1. The van der Waals surface area contributed by atoms with Gasteiger partial charge in [0, 0.05) is 17.7 Å². The second-order valence-corrected chi connectivity index (χ2v) is 7.26. The van der Waals surface area contributed by atoms with Crippen molar-refractivity contribution in [3.05, 3.63) is 111 Å². The minimum absolute atomic E-state index is 0.00716. The Balaban J connectivity index is 1.50. The number of hydrogen-bond acceptors (Lipinski definition) is 5. The molecular weight excluding hydrogens is 429 g/mol. The highest BCUT2D eigenvalue weighted by Gasteiger charge is 2.33. The first kappa shape index (κ1) is 21.7. The smallest absolute Gasteiger partial charge is 0.329 e. The normalized spacial score (nSPS) is 14.5. The first-order chi connectivity index (χ1) is 15.9. The van der Waals surface area contributed by atoms with Crippen LogP contribution in [0.15, 0.2) is 78.5 Å². The summed E-state index contributed by atoms with van der Waals surface area (Å²) in [6, 6.07) is 18.0. The summed E-state index contributed by atoms with van der Waals surface area (Å²) in [5.41, 5.74) is 1.82. The molecule has 0 atom stereocenters. The topological polar surface area (TPSA) is 102 Å². The number of nitrogens with one attached hydrogen (secondary N) is 1. The number of urea groups is 1. The molecule has 166 valence electrons. The lowest BCUT2D eigenvalue weighted by Gasteiger charge is -2.12. The van der Waals surface area contributed by atoms with Crippen LogP contribution in [0.4, 0.5) is 14.9 Å². The SMILES string of the molecule is O=C1N/C(=C/c2ccccc2OCc2cccc([N+](=O)[O-])c2)C(=O)N1Cc1ccc(F)cc1. The van der Waals surface area contributed by atoms with Crippen molar-refractivity contribution in [3.8, 4) is 5.75 Å². The average Bonchev–Trinajstić information content (AvgIpc) is 3.07. The van der Waals surface area contributed by atoms with Gasteiger partial charge >= 0.3 is 6.03 Å². The molecule has 0 unspecified atom stereocenters. The number of carbonyl (C=O) groups excluding carboxylic acids is 2. The van der Waals surface area contributed by atoms with E-state index in [0.29, 0.717) is 22.4 Å². The largest absolute Gasteiger partial charge is 0.488 e. The number of halogens is 1. The number of amides is 3. The highest BCUT2D eigenvalue weighted by molar-refractivity contribution is 6.14. The van der Waals surface area contributed by atoms with E-state index in [0.717, 1.165) is 4.90 Å². The summed E-state index contributed by atoms with van der Waals surface area (Å²) in [4.78, 5) is 36.6. The predicted molar refractivity (Wildman–Crippen MR) is 117 cm³/mol. The molecule has 0 spiro atoms. The van der Waals surface area contributed by atoms with E-state index < -0.39 is 22.7 Å². The van der Waals surface area contributed by atoms with Crippen molar-refractivity contribution in [1.82, 2.24) is 10.2 Å². The Labute approximate surface area is 188 Å². The third kappa shape index (κ3) is 5.04. The first-order valence-corrected chi connectivity index (χ1v) is 9.95. The second kappa shape index (κ2) is 9.31. The number of imide groups is 1. The number of nitrogens with zero attached hydrogens (tertiary/aromatic N) is 2. The third-order valence-electron chi connectivity index (χ3n) is 4.95. The standard InChI is InChI=1S/C24H18FN3O5/c25-19-10-8-16(9-11-19)14-27-23(29)21(26-24(27)30)13-18-5-1-2-7-22(18)33-15-17-4-3-6-20(12-17)28(31)32/h1-13H,14-15H2,(H,26,30)/b21-13+. The number of nitro benzene ring substituents is 1. The molecule has 3 aromatic rings. The molecular formula is C24H18FN3O5. The highest BCUT2D eigenvalue weighted by atomic mass is 19.1. The summed E-state index contributed by atoms with van der Waals surface area (Å²) in [5.74, 6) is -0.480. The molecule has 1 fully saturated rings. The molecule has 3 amide bonds. The van der Waals surface area contributed by atoms with Gasteiger partial charge in [-0.25, -0.2) is 9.18 Å². The number of nitro groups is 1. The monoisotopic (exact) mass is 447 g/mol. The molecule has 33 heavy (non-hydrogen) atoms. The molecule has 0 saturated carbocycles. The molecule has 1 saturated heterocycles. The van der Waals surface area contributed by atoms with E-state index in [4.69, 9.17) is 4.74 Å². The van der Waals surface area contributed by atoms with Crippen LogP contribution in [0.25, 0.3) is 6.08 Å². The summed E-state index contributed by atoms with van der Waals surface area (Å²) >= 11 is 0. The molecule has 1 aliphatic rings. The van der Waals surface area contributed by atoms with Crippen molar-refractivity contribution in [2.75, 3.05) is 0 Å². The molecule has 1 N–H and O–H groups in total. The van der Waals surface area contributed by atoms with Crippen LogP contribution in [0.3, 0.4) is 0 Å². The molecule has 0 radical (unpaired) electrons. The third-order valence-corrected chi connectivity index (χ3v) is 4.95. The molecule has 0 aromatic heterocycles. The second-order valence-electron chi connectivity index (χ2n) is 7.26. The van der Waals surface area contributed by atoms with E-state index in [1.165, 1.54) is 42.5 Å². The summed E-state index contributed by atoms with van der Waals surface area (Å²) in [6.45, 7) is 0.0894. The van der Waals surface area contributed by atoms with Crippen molar-refractivity contribution in [2.24, 2.45) is 0 Å². The van der Waals surface area contributed by atoms with E-state index in [2.05, 4.69) is 5.32 Å². The van der Waals surface area contributed by atoms with Crippen LogP contribution in [-0.4, -0.2) is 21.8 Å². The number of ether oxygens (including phenoxy) is 1. The molecule has 8 nitrogen and oxygen atoms in total. The lowest BCUT2D eigenvalue weighted by molar-refractivity contribution is -0.384. The van der Waals surface area contributed by atoms with E-state index in [1.54, 1.807) is 36.4 Å². The van der Waals surface area contributed by atoms with Gasteiger partial charge in [-0.05, 0) is 35.4 Å². The number of para-hydroxylation sites is 1. The van der Waals surface area contributed by atoms with Gasteiger partial charge in [-0.2, -0.15) is 0 Å². The number of carbonyl (C=O) groups is 2. The Morgan fingerprint density at radius 2 is 1.76 bits per heavy atom. The number of benzene rings is 3. The van der Waals surface area contributed by atoms with E-state index in [-0.39, 0.29) is 24.5 Å². The van der Waals surface area contributed by atoms with Gasteiger partial charge < -0.3 is 10.1 Å². The van der Waals surface area contributed by atoms with Gasteiger partial charge in [-0.3, -0.25) is 19.8 Å². The van der Waals surface area contributed by atoms with Crippen LogP contribution < -0.4 is 10.1 Å². The van der Waals surface area contributed by atoms with E-state index in [1.807, 2.05) is 0 Å². The Kier molecular flexibility index (Phi) is 6.12. The van der Waals surface area contributed by atoms with Gasteiger partial charge in [0.25, 0.3) is 11.6 Å². The maximum absolute atomic E-state index is 13.1. The summed E-state index contributed by atoms with van der Waals surface area (Å²) in [5, 5.41) is 13.5. The van der Waals surface area contributed by atoms with Gasteiger partial charge in [0.15, 0.2) is 0 Å². The fraction of sp³-hybridized carbons (Fsp3) is 0.0833. The maximum atomic E-state index is 13.1. The fourth-order valence-electron chi connectivity index (χ4n) is 3.30. The van der Waals surface area contributed by atoms with Crippen LogP contribution in [0.1, 0.15) is 16.7 Å². The fourth-order valence-corrected chi connectivity index (χ4v) is 3.30. The molecule has 0 bridgehead atoms. The zero-order valence-electron chi connectivity index (χ0n) is 17.2. The zero-order chi connectivity index (χ0) is 23.4. The Bertz CT molecular complexity index is 1260. The van der Waals surface area contributed by atoms with Crippen LogP contribution >= 0.6 is 0 Å².